The number of rotatable bonds is 6. The van der Waals surface area contributed by atoms with Crippen LogP contribution < -0.4 is 0 Å². The fourth-order valence-electron chi connectivity index (χ4n) is 2.89. The molecule has 0 amide bonds. The minimum absolute atomic E-state index is 0.221. The van der Waals surface area contributed by atoms with Crippen molar-refractivity contribution in [2.24, 2.45) is 0 Å². The summed E-state index contributed by atoms with van der Waals surface area (Å²) in [6.07, 6.45) is 4.67. The summed E-state index contributed by atoms with van der Waals surface area (Å²) in [5.74, 6) is 7.04. The van der Waals surface area contributed by atoms with E-state index in [0.717, 1.165) is 29.5 Å². The van der Waals surface area contributed by atoms with E-state index in [0.29, 0.717) is 12.4 Å². The molecule has 1 unspecified atom stereocenters. The van der Waals surface area contributed by atoms with E-state index < -0.39 is 6.10 Å². The highest BCUT2D eigenvalue weighted by Gasteiger charge is 2.08. The van der Waals surface area contributed by atoms with Gasteiger partial charge >= 0.3 is 0 Å². The molecule has 27 heavy (non-hydrogen) atoms. The molecule has 0 radical (unpaired) electrons. The van der Waals surface area contributed by atoms with Crippen LogP contribution in [-0.2, 0) is 13.0 Å². The molecule has 0 aliphatic heterocycles. The molecule has 0 aliphatic carbocycles. The first-order valence-electron chi connectivity index (χ1n) is 9.15. The second kappa shape index (κ2) is 9.18. The van der Waals surface area contributed by atoms with Crippen molar-refractivity contribution in [1.29, 1.82) is 0 Å². The third-order valence-corrected chi connectivity index (χ3v) is 4.36. The second-order valence-electron chi connectivity index (χ2n) is 6.56. The molecule has 3 aromatic rings. The van der Waals surface area contributed by atoms with E-state index in [1.165, 1.54) is 5.56 Å². The zero-order chi connectivity index (χ0) is 19.1. The first-order valence-corrected chi connectivity index (χ1v) is 9.15. The molecule has 0 bridgehead atoms. The van der Waals surface area contributed by atoms with E-state index in [-0.39, 0.29) is 6.61 Å². The SMILES string of the molecule is CC(O)c1nccn1Cc1ccc(C#Cc2ccc(CCCO)cc2)cc1. The zero-order valence-electron chi connectivity index (χ0n) is 15.5. The average Bonchev–Trinajstić information content (AvgIpc) is 3.15. The van der Waals surface area contributed by atoms with Crippen molar-refractivity contribution < 1.29 is 10.2 Å². The van der Waals surface area contributed by atoms with Crippen LogP contribution in [0.15, 0.2) is 60.9 Å². The van der Waals surface area contributed by atoms with Crippen molar-refractivity contribution in [3.05, 3.63) is 89.0 Å². The van der Waals surface area contributed by atoms with E-state index >= 15 is 0 Å². The molecule has 1 heterocycles. The van der Waals surface area contributed by atoms with Crippen molar-refractivity contribution in [3.8, 4) is 11.8 Å². The summed E-state index contributed by atoms with van der Waals surface area (Å²) in [7, 11) is 0. The Hall–Kier alpha value is -2.87. The summed E-state index contributed by atoms with van der Waals surface area (Å²) >= 11 is 0. The Morgan fingerprint density at radius 2 is 1.56 bits per heavy atom. The highest BCUT2D eigenvalue weighted by molar-refractivity contribution is 5.44. The van der Waals surface area contributed by atoms with Crippen LogP contribution in [0.2, 0.25) is 0 Å². The molecular formula is C23H24N2O2. The summed E-state index contributed by atoms with van der Waals surface area (Å²) in [6, 6.07) is 16.3. The van der Waals surface area contributed by atoms with Gasteiger partial charge in [0, 0.05) is 36.7 Å². The molecule has 138 valence electrons. The summed E-state index contributed by atoms with van der Waals surface area (Å²) in [5.41, 5.74) is 4.29. The predicted octanol–water partition coefficient (Wildman–Crippen LogP) is 3.31. The van der Waals surface area contributed by atoms with Crippen molar-refractivity contribution in [1.82, 2.24) is 9.55 Å². The number of imidazole rings is 1. The summed E-state index contributed by atoms with van der Waals surface area (Å²) in [6.45, 7) is 2.61. The number of hydrogen-bond acceptors (Lipinski definition) is 3. The maximum atomic E-state index is 9.74. The van der Waals surface area contributed by atoms with Crippen molar-refractivity contribution in [2.75, 3.05) is 6.61 Å². The van der Waals surface area contributed by atoms with Crippen LogP contribution >= 0.6 is 0 Å². The van der Waals surface area contributed by atoms with Gasteiger partial charge in [0.1, 0.15) is 11.9 Å². The fourth-order valence-corrected chi connectivity index (χ4v) is 2.89. The van der Waals surface area contributed by atoms with E-state index in [1.807, 2.05) is 47.2 Å². The first kappa shape index (κ1) is 18.9. The number of aliphatic hydroxyl groups is 2. The predicted molar refractivity (Wildman–Crippen MR) is 106 cm³/mol. The highest BCUT2D eigenvalue weighted by Crippen LogP contribution is 2.13. The largest absolute Gasteiger partial charge is 0.396 e. The molecule has 1 aromatic heterocycles. The third kappa shape index (κ3) is 5.30. The van der Waals surface area contributed by atoms with Gasteiger partial charge in [0.05, 0.1) is 0 Å². The molecule has 0 spiro atoms. The second-order valence-corrected chi connectivity index (χ2v) is 6.56. The van der Waals surface area contributed by atoms with Crippen LogP contribution in [0.1, 0.15) is 47.5 Å². The Bertz CT molecular complexity index is 914. The third-order valence-electron chi connectivity index (χ3n) is 4.36. The van der Waals surface area contributed by atoms with Gasteiger partial charge in [0.2, 0.25) is 0 Å². The van der Waals surface area contributed by atoms with Crippen LogP contribution in [0, 0.1) is 11.8 Å². The quantitative estimate of drug-likeness (QED) is 0.663. The molecule has 2 N–H and O–H groups in total. The van der Waals surface area contributed by atoms with Crippen molar-refractivity contribution >= 4 is 0 Å². The standard InChI is InChI=1S/C23H24N2O2/c1-18(27)23-24-14-15-25(23)17-22-12-10-21(11-13-22)9-8-20-6-4-19(5-7-20)3-2-16-26/h4-7,10-15,18,26-27H,2-3,16-17H2,1H3. The molecule has 0 fully saturated rings. The molecule has 4 nitrogen and oxygen atoms in total. The molecule has 0 aliphatic rings. The van der Waals surface area contributed by atoms with Crippen LogP contribution in [0.25, 0.3) is 0 Å². The van der Waals surface area contributed by atoms with Gasteiger partial charge < -0.3 is 14.8 Å². The lowest BCUT2D eigenvalue weighted by molar-refractivity contribution is 0.184. The molecule has 3 rings (SSSR count). The van der Waals surface area contributed by atoms with E-state index in [9.17, 15) is 5.11 Å². The fraction of sp³-hybridized carbons (Fsp3) is 0.261. The molecule has 4 heteroatoms. The minimum Gasteiger partial charge on any atom is -0.396 e. The van der Waals surface area contributed by atoms with Crippen LogP contribution in [-0.4, -0.2) is 26.4 Å². The summed E-state index contributed by atoms with van der Waals surface area (Å²) in [5, 5.41) is 18.6. The smallest absolute Gasteiger partial charge is 0.137 e. The lowest BCUT2D eigenvalue weighted by atomic mass is 10.1. The maximum absolute atomic E-state index is 9.74. The molecule has 0 saturated heterocycles. The van der Waals surface area contributed by atoms with Crippen LogP contribution in [0.5, 0.6) is 0 Å². The lowest BCUT2D eigenvalue weighted by Crippen LogP contribution is -2.07. The number of aliphatic hydroxyl groups excluding tert-OH is 2. The Balaban J connectivity index is 1.64. The van der Waals surface area contributed by atoms with Gasteiger partial charge in [-0.05, 0) is 55.2 Å². The normalized spacial score (nSPS) is 11.7. The highest BCUT2D eigenvalue weighted by atomic mass is 16.3. The molecular weight excluding hydrogens is 336 g/mol. The maximum Gasteiger partial charge on any atom is 0.137 e. The number of benzene rings is 2. The van der Waals surface area contributed by atoms with Gasteiger partial charge in [-0.3, -0.25) is 0 Å². The van der Waals surface area contributed by atoms with E-state index in [2.05, 4.69) is 29.0 Å². The zero-order valence-corrected chi connectivity index (χ0v) is 15.5. The lowest BCUT2D eigenvalue weighted by Gasteiger charge is -2.09. The number of nitrogens with zero attached hydrogens (tertiary/aromatic N) is 2. The van der Waals surface area contributed by atoms with Gasteiger partial charge in [-0.2, -0.15) is 0 Å². The van der Waals surface area contributed by atoms with Gasteiger partial charge in [0.25, 0.3) is 0 Å². The van der Waals surface area contributed by atoms with Gasteiger partial charge in [0.15, 0.2) is 0 Å². The van der Waals surface area contributed by atoms with Gasteiger partial charge in [-0.1, -0.05) is 36.1 Å². The Kier molecular flexibility index (Phi) is 6.43. The van der Waals surface area contributed by atoms with E-state index in [4.69, 9.17) is 5.11 Å². The van der Waals surface area contributed by atoms with Crippen molar-refractivity contribution in [2.45, 2.75) is 32.4 Å². The topological polar surface area (TPSA) is 58.3 Å². The first-order chi connectivity index (χ1) is 13.2. The van der Waals surface area contributed by atoms with Crippen molar-refractivity contribution in [3.63, 3.8) is 0 Å². The molecule has 1 atom stereocenters. The Morgan fingerprint density at radius 1 is 0.963 bits per heavy atom. The summed E-state index contributed by atoms with van der Waals surface area (Å²) < 4.78 is 1.95. The monoisotopic (exact) mass is 360 g/mol. The van der Waals surface area contributed by atoms with Crippen LogP contribution in [0.4, 0.5) is 0 Å². The Morgan fingerprint density at radius 3 is 2.11 bits per heavy atom. The van der Waals surface area contributed by atoms with Gasteiger partial charge in [-0.25, -0.2) is 4.98 Å². The van der Waals surface area contributed by atoms with Gasteiger partial charge in [-0.15, -0.1) is 0 Å². The minimum atomic E-state index is -0.583. The number of aromatic nitrogens is 2. The Labute approximate surface area is 160 Å². The molecule has 0 saturated carbocycles. The number of hydrogen-bond donors (Lipinski definition) is 2. The average molecular weight is 360 g/mol. The molecule has 2 aromatic carbocycles. The summed E-state index contributed by atoms with van der Waals surface area (Å²) in [4.78, 5) is 4.19. The van der Waals surface area contributed by atoms with E-state index in [1.54, 1.807) is 13.1 Å². The van der Waals surface area contributed by atoms with Crippen LogP contribution in [0.3, 0.4) is 0 Å². The number of aryl methyl sites for hydroxylation is 1.